The fraction of sp³-hybridized carbons (Fsp3) is 0.296. The first-order valence-corrected chi connectivity index (χ1v) is 12.8. The number of aliphatic imine (C=N–C) groups is 1. The summed E-state index contributed by atoms with van der Waals surface area (Å²) in [6.45, 7) is 2.44. The van der Waals surface area contributed by atoms with Crippen molar-refractivity contribution in [3.05, 3.63) is 88.0 Å². The molecule has 1 N–H and O–H groups in total. The van der Waals surface area contributed by atoms with Crippen LogP contribution in [-0.4, -0.2) is 48.8 Å². The van der Waals surface area contributed by atoms with Crippen LogP contribution in [0.4, 0.5) is 13.2 Å². The SMILES string of the molecule is CCOC(=O)C1=C(c2ccccc2)N=C2SC=C(CC(=O)NCCOC)N2C1c1ccc(C(F)(F)F)cc1. The molecule has 2 heterocycles. The number of carbonyl (C=O) groups excluding carboxylic acids is 2. The molecule has 0 aliphatic carbocycles. The van der Waals surface area contributed by atoms with E-state index >= 15 is 0 Å². The molecule has 2 aromatic carbocycles. The molecule has 38 heavy (non-hydrogen) atoms. The van der Waals surface area contributed by atoms with E-state index in [0.29, 0.717) is 40.8 Å². The molecule has 7 nitrogen and oxygen atoms in total. The molecule has 2 aromatic rings. The first-order chi connectivity index (χ1) is 18.2. The molecule has 1 unspecified atom stereocenters. The zero-order chi connectivity index (χ0) is 27.3. The average Bonchev–Trinajstić information content (AvgIpc) is 3.30. The lowest BCUT2D eigenvalue weighted by molar-refractivity contribution is -0.139. The summed E-state index contributed by atoms with van der Waals surface area (Å²) >= 11 is 1.28. The van der Waals surface area contributed by atoms with Crippen molar-refractivity contribution in [2.75, 3.05) is 26.9 Å². The smallest absolute Gasteiger partial charge is 0.416 e. The van der Waals surface area contributed by atoms with E-state index in [2.05, 4.69) is 5.32 Å². The number of carbonyl (C=O) groups is 2. The van der Waals surface area contributed by atoms with Gasteiger partial charge in [-0.1, -0.05) is 54.2 Å². The van der Waals surface area contributed by atoms with Gasteiger partial charge in [0.25, 0.3) is 0 Å². The lowest BCUT2D eigenvalue weighted by Crippen LogP contribution is -2.38. The van der Waals surface area contributed by atoms with Crippen LogP contribution in [-0.2, 0) is 25.2 Å². The van der Waals surface area contributed by atoms with E-state index in [4.69, 9.17) is 14.5 Å². The van der Waals surface area contributed by atoms with E-state index in [1.54, 1.807) is 41.5 Å². The number of methoxy groups -OCH3 is 1. The molecule has 1 atom stereocenters. The molecule has 0 saturated carbocycles. The van der Waals surface area contributed by atoms with Crippen LogP contribution in [0.15, 0.2) is 76.3 Å². The molecule has 0 bridgehead atoms. The topological polar surface area (TPSA) is 80.2 Å². The maximum Gasteiger partial charge on any atom is 0.416 e. The highest BCUT2D eigenvalue weighted by molar-refractivity contribution is 8.16. The van der Waals surface area contributed by atoms with Crippen LogP contribution in [0.3, 0.4) is 0 Å². The van der Waals surface area contributed by atoms with Crippen LogP contribution < -0.4 is 5.32 Å². The summed E-state index contributed by atoms with van der Waals surface area (Å²) in [6.07, 6.45) is -4.54. The van der Waals surface area contributed by atoms with E-state index in [0.717, 1.165) is 12.1 Å². The van der Waals surface area contributed by atoms with E-state index in [-0.39, 0.29) is 24.5 Å². The summed E-state index contributed by atoms with van der Waals surface area (Å²) < 4.78 is 50.3. The van der Waals surface area contributed by atoms with Crippen molar-refractivity contribution in [1.82, 2.24) is 10.2 Å². The Hall–Kier alpha value is -3.57. The Morgan fingerprint density at radius 1 is 1.11 bits per heavy atom. The van der Waals surface area contributed by atoms with Gasteiger partial charge in [0.05, 0.1) is 42.5 Å². The van der Waals surface area contributed by atoms with E-state index in [9.17, 15) is 22.8 Å². The van der Waals surface area contributed by atoms with Crippen LogP contribution in [0.2, 0.25) is 0 Å². The Kier molecular flexibility index (Phi) is 8.58. The number of hydrogen-bond acceptors (Lipinski definition) is 7. The van der Waals surface area contributed by atoms with Gasteiger partial charge in [0.1, 0.15) is 0 Å². The molecule has 0 spiro atoms. The van der Waals surface area contributed by atoms with Gasteiger partial charge >= 0.3 is 12.1 Å². The maximum absolute atomic E-state index is 13.4. The van der Waals surface area contributed by atoms with Crippen LogP contribution >= 0.6 is 11.8 Å². The molecule has 4 rings (SSSR count). The quantitative estimate of drug-likeness (QED) is 0.348. The number of rotatable bonds is 9. The van der Waals surface area contributed by atoms with Gasteiger partial charge in [-0.15, -0.1) is 0 Å². The highest BCUT2D eigenvalue weighted by Gasteiger charge is 2.42. The highest BCUT2D eigenvalue weighted by Crippen LogP contribution is 2.47. The molecule has 2 aliphatic heterocycles. The molecule has 0 saturated heterocycles. The normalized spacial score (nSPS) is 17.1. The van der Waals surface area contributed by atoms with Gasteiger partial charge in [-0.3, -0.25) is 4.79 Å². The van der Waals surface area contributed by atoms with Gasteiger partial charge in [-0.25, -0.2) is 9.79 Å². The number of benzene rings is 2. The number of amidine groups is 1. The molecule has 0 fully saturated rings. The van der Waals surface area contributed by atoms with E-state index in [1.807, 2.05) is 6.07 Å². The zero-order valence-corrected chi connectivity index (χ0v) is 21.6. The highest BCUT2D eigenvalue weighted by atomic mass is 32.2. The van der Waals surface area contributed by atoms with Crippen molar-refractivity contribution in [2.45, 2.75) is 25.6 Å². The summed E-state index contributed by atoms with van der Waals surface area (Å²) in [5.74, 6) is -0.906. The number of ether oxygens (including phenoxy) is 2. The van der Waals surface area contributed by atoms with Gasteiger partial charge in [-0.05, 0) is 30.0 Å². The van der Waals surface area contributed by atoms with Crippen molar-refractivity contribution >= 4 is 34.5 Å². The third-order valence-electron chi connectivity index (χ3n) is 5.88. The molecular weight excluding hydrogens is 519 g/mol. The molecule has 200 valence electrons. The minimum atomic E-state index is -4.51. The zero-order valence-electron chi connectivity index (χ0n) is 20.7. The summed E-state index contributed by atoms with van der Waals surface area (Å²) in [4.78, 5) is 32.5. The summed E-state index contributed by atoms with van der Waals surface area (Å²) in [5, 5.41) is 5.03. The molecule has 0 radical (unpaired) electrons. The Morgan fingerprint density at radius 3 is 2.45 bits per heavy atom. The van der Waals surface area contributed by atoms with Crippen molar-refractivity contribution in [3.63, 3.8) is 0 Å². The van der Waals surface area contributed by atoms with Crippen molar-refractivity contribution in [3.8, 4) is 0 Å². The molecular formula is C27H26F3N3O4S. The second-order valence-corrected chi connectivity index (χ2v) is 9.22. The van der Waals surface area contributed by atoms with Crippen molar-refractivity contribution < 1.29 is 32.2 Å². The fourth-order valence-electron chi connectivity index (χ4n) is 4.18. The molecule has 2 aliphatic rings. The van der Waals surface area contributed by atoms with Gasteiger partial charge in [0, 0.05) is 24.9 Å². The number of nitrogens with zero attached hydrogens (tertiary/aromatic N) is 2. The third kappa shape index (κ3) is 5.94. The summed E-state index contributed by atoms with van der Waals surface area (Å²) in [5.41, 5.74) is 1.38. The Morgan fingerprint density at radius 2 is 1.82 bits per heavy atom. The number of alkyl halides is 3. The first kappa shape index (κ1) is 27.5. The number of halogens is 3. The maximum atomic E-state index is 13.4. The predicted octanol–water partition coefficient (Wildman–Crippen LogP) is 5.13. The van der Waals surface area contributed by atoms with Gasteiger partial charge < -0.3 is 19.7 Å². The van der Waals surface area contributed by atoms with Crippen LogP contribution in [0, 0.1) is 0 Å². The number of hydrogen-bond donors (Lipinski definition) is 1. The number of amides is 1. The summed E-state index contributed by atoms with van der Waals surface area (Å²) in [7, 11) is 1.53. The van der Waals surface area contributed by atoms with Crippen LogP contribution in [0.5, 0.6) is 0 Å². The number of fused-ring (bicyclic) bond motifs is 1. The van der Waals surface area contributed by atoms with Crippen LogP contribution in [0.25, 0.3) is 5.70 Å². The minimum Gasteiger partial charge on any atom is -0.463 e. The predicted molar refractivity (Wildman–Crippen MR) is 139 cm³/mol. The minimum absolute atomic E-state index is 0.0242. The molecule has 1 amide bonds. The fourth-order valence-corrected chi connectivity index (χ4v) is 5.10. The van der Waals surface area contributed by atoms with Crippen LogP contribution in [0.1, 0.15) is 36.1 Å². The van der Waals surface area contributed by atoms with Crippen molar-refractivity contribution in [2.24, 2.45) is 4.99 Å². The standard InChI is InChI=1S/C27H26F3N3O4S/c1-3-37-25(35)22-23(17-7-5-4-6-8-17)32-26-33(20(16-38-26)15-21(34)31-13-14-36-2)24(22)18-9-11-19(12-10-18)27(28,29)30/h4-12,16,24H,3,13-15H2,1-2H3,(H,31,34). The number of nitrogens with one attached hydrogen (secondary N) is 1. The number of thioether (sulfide) groups is 1. The second-order valence-electron chi connectivity index (χ2n) is 8.38. The lowest BCUT2D eigenvalue weighted by atomic mass is 9.91. The van der Waals surface area contributed by atoms with Gasteiger partial charge in [-0.2, -0.15) is 13.2 Å². The van der Waals surface area contributed by atoms with Gasteiger partial charge in [0.15, 0.2) is 5.17 Å². The average molecular weight is 546 g/mol. The Labute approximate surface area is 222 Å². The van der Waals surface area contributed by atoms with Crippen molar-refractivity contribution in [1.29, 1.82) is 0 Å². The Bertz CT molecular complexity index is 1270. The lowest BCUT2D eigenvalue weighted by Gasteiger charge is -2.37. The molecule has 11 heteroatoms. The van der Waals surface area contributed by atoms with Gasteiger partial charge in [0.2, 0.25) is 5.91 Å². The first-order valence-electron chi connectivity index (χ1n) is 11.9. The van der Waals surface area contributed by atoms with E-state index < -0.39 is 23.8 Å². The Balaban J connectivity index is 1.82. The monoisotopic (exact) mass is 545 g/mol. The second kappa shape index (κ2) is 11.9. The number of esters is 1. The largest absolute Gasteiger partial charge is 0.463 e. The molecule has 0 aromatic heterocycles. The summed E-state index contributed by atoms with van der Waals surface area (Å²) in [6, 6.07) is 12.8. The van der Waals surface area contributed by atoms with E-state index in [1.165, 1.54) is 31.0 Å². The third-order valence-corrected chi connectivity index (χ3v) is 6.77.